The Kier molecular flexibility index (Phi) is 3.29. The molecule has 0 spiro atoms. The van der Waals surface area contributed by atoms with Crippen molar-refractivity contribution in [3.63, 3.8) is 0 Å². The second-order valence-electron chi connectivity index (χ2n) is 3.78. The van der Waals surface area contributed by atoms with Crippen molar-refractivity contribution in [2.24, 2.45) is 0 Å². The maximum Gasteiger partial charge on any atom is 0.293 e. The second-order valence-corrected chi connectivity index (χ2v) is 5.02. The molecule has 0 aromatic heterocycles. The van der Waals surface area contributed by atoms with Gasteiger partial charge in [-0.05, 0) is 41.1 Å². The quantitative estimate of drug-likeness (QED) is 0.509. The van der Waals surface area contributed by atoms with E-state index in [-0.39, 0.29) is 16.7 Å². The van der Waals surface area contributed by atoms with Gasteiger partial charge in [0.2, 0.25) is 0 Å². The van der Waals surface area contributed by atoms with Crippen molar-refractivity contribution < 1.29 is 10.0 Å². The van der Waals surface area contributed by atoms with Gasteiger partial charge in [0.25, 0.3) is 5.69 Å². The van der Waals surface area contributed by atoms with E-state index in [1.165, 1.54) is 0 Å². The number of nitrogens with zero attached hydrogens (tertiary/aromatic N) is 2. The first-order valence-corrected chi connectivity index (χ1v) is 6.03. The summed E-state index contributed by atoms with van der Waals surface area (Å²) >= 11 is 2.05. The number of nitro groups is 1. The number of hydrogen-bond donors (Lipinski definition) is 1. The summed E-state index contributed by atoms with van der Waals surface area (Å²) in [5.74, 6) is 0. The van der Waals surface area contributed by atoms with E-state index in [4.69, 9.17) is 0 Å². The van der Waals surface area contributed by atoms with E-state index in [0.29, 0.717) is 25.2 Å². The summed E-state index contributed by atoms with van der Waals surface area (Å²) in [5, 5.41) is 20.4. The third kappa shape index (κ3) is 2.27. The number of anilines is 1. The van der Waals surface area contributed by atoms with Gasteiger partial charge >= 0.3 is 0 Å². The van der Waals surface area contributed by atoms with Crippen LogP contribution in [0, 0.1) is 13.7 Å². The minimum absolute atomic E-state index is 0.112. The van der Waals surface area contributed by atoms with Crippen LogP contribution in [0.2, 0.25) is 0 Å². The highest BCUT2D eigenvalue weighted by Crippen LogP contribution is 2.31. The summed E-state index contributed by atoms with van der Waals surface area (Å²) in [6, 6.07) is 5.14. The SMILES string of the molecule is O=[N+]([O-])c1cc(I)ccc1N1CC[C@H](O)C1. The molecule has 0 unspecified atom stereocenters. The molecule has 1 aliphatic rings. The standard InChI is InChI=1S/C10H11IN2O3/c11-7-1-2-9(10(5-7)13(15)16)12-4-3-8(14)6-12/h1-2,5,8,14H,3-4,6H2/t8-/m0/s1. The molecule has 2 rings (SSSR count). The number of hydrogen-bond acceptors (Lipinski definition) is 4. The fraction of sp³-hybridized carbons (Fsp3) is 0.400. The van der Waals surface area contributed by atoms with E-state index in [1.807, 2.05) is 11.0 Å². The lowest BCUT2D eigenvalue weighted by Gasteiger charge is -2.17. The van der Waals surface area contributed by atoms with Crippen LogP contribution in [-0.2, 0) is 0 Å². The van der Waals surface area contributed by atoms with Crippen LogP contribution >= 0.6 is 22.6 Å². The Morgan fingerprint density at radius 3 is 2.88 bits per heavy atom. The maximum absolute atomic E-state index is 10.9. The fourth-order valence-electron chi connectivity index (χ4n) is 1.87. The highest BCUT2D eigenvalue weighted by molar-refractivity contribution is 14.1. The van der Waals surface area contributed by atoms with Crippen LogP contribution < -0.4 is 4.90 Å². The number of aliphatic hydroxyl groups excluding tert-OH is 1. The molecule has 1 saturated heterocycles. The van der Waals surface area contributed by atoms with Gasteiger partial charge in [0.05, 0.1) is 11.0 Å². The van der Waals surface area contributed by atoms with Gasteiger partial charge in [-0.2, -0.15) is 0 Å². The van der Waals surface area contributed by atoms with E-state index in [1.54, 1.807) is 12.1 Å². The van der Waals surface area contributed by atoms with Crippen molar-refractivity contribution in [2.45, 2.75) is 12.5 Å². The van der Waals surface area contributed by atoms with E-state index in [2.05, 4.69) is 22.6 Å². The van der Waals surface area contributed by atoms with E-state index in [0.717, 1.165) is 3.57 Å². The van der Waals surface area contributed by atoms with Crippen LogP contribution in [0.3, 0.4) is 0 Å². The lowest BCUT2D eigenvalue weighted by Crippen LogP contribution is -2.22. The zero-order valence-corrected chi connectivity index (χ0v) is 10.6. The average molecular weight is 334 g/mol. The number of halogens is 1. The van der Waals surface area contributed by atoms with Gasteiger partial charge in [-0.1, -0.05) is 0 Å². The molecule has 1 N–H and O–H groups in total. The number of benzene rings is 1. The average Bonchev–Trinajstić information content (AvgIpc) is 2.64. The Hall–Kier alpha value is -0.890. The Morgan fingerprint density at radius 1 is 1.56 bits per heavy atom. The summed E-state index contributed by atoms with van der Waals surface area (Å²) in [7, 11) is 0. The summed E-state index contributed by atoms with van der Waals surface area (Å²) in [4.78, 5) is 12.4. The number of β-amino-alcohol motifs (C(OH)–C–C–N with tert-alkyl or cyclic N) is 1. The van der Waals surface area contributed by atoms with Crippen molar-refractivity contribution in [3.8, 4) is 0 Å². The molecule has 1 aliphatic heterocycles. The molecule has 0 aliphatic carbocycles. The second kappa shape index (κ2) is 4.54. The minimum Gasteiger partial charge on any atom is -0.391 e. The third-order valence-electron chi connectivity index (χ3n) is 2.64. The van der Waals surface area contributed by atoms with Crippen molar-refractivity contribution >= 4 is 34.0 Å². The van der Waals surface area contributed by atoms with Gasteiger partial charge in [0.1, 0.15) is 5.69 Å². The molecule has 16 heavy (non-hydrogen) atoms. The molecule has 0 saturated carbocycles. The molecule has 0 amide bonds. The smallest absolute Gasteiger partial charge is 0.293 e. The number of aliphatic hydroxyl groups is 1. The lowest BCUT2D eigenvalue weighted by molar-refractivity contribution is -0.384. The molecule has 1 heterocycles. The predicted octanol–water partition coefficient (Wildman–Crippen LogP) is 1.77. The highest BCUT2D eigenvalue weighted by atomic mass is 127. The highest BCUT2D eigenvalue weighted by Gasteiger charge is 2.26. The van der Waals surface area contributed by atoms with Gasteiger partial charge in [0.15, 0.2) is 0 Å². The van der Waals surface area contributed by atoms with Crippen LogP contribution in [0.5, 0.6) is 0 Å². The summed E-state index contributed by atoms with van der Waals surface area (Å²) in [6.07, 6.45) is 0.294. The predicted molar refractivity (Wildman–Crippen MR) is 68.7 cm³/mol. The van der Waals surface area contributed by atoms with Gasteiger partial charge in [-0.3, -0.25) is 10.1 Å². The van der Waals surface area contributed by atoms with Crippen LogP contribution in [0.1, 0.15) is 6.42 Å². The Bertz CT molecular complexity index is 425. The van der Waals surface area contributed by atoms with Gasteiger partial charge < -0.3 is 10.0 Å². The molecule has 5 nitrogen and oxygen atoms in total. The molecular formula is C10H11IN2O3. The molecule has 0 bridgehead atoms. The Balaban J connectivity index is 2.36. The largest absolute Gasteiger partial charge is 0.391 e. The Morgan fingerprint density at radius 2 is 2.31 bits per heavy atom. The molecule has 0 radical (unpaired) electrons. The van der Waals surface area contributed by atoms with Gasteiger partial charge in [-0.25, -0.2) is 0 Å². The van der Waals surface area contributed by atoms with Gasteiger partial charge in [-0.15, -0.1) is 0 Å². The third-order valence-corrected chi connectivity index (χ3v) is 3.31. The Labute approximate surface area is 106 Å². The topological polar surface area (TPSA) is 66.6 Å². The fourth-order valence-corrected chi connectivity index (χ4v) is 2.35. The van der Waals surface area contributed by atoms with Crippen molar-refractivity contribution in [1.82, 2.24) is 0 Å². The summed E-state index contributed by atoms with van der Waals surface area (Å²) in [5.41, 5.74) is 0.711. The lowest BCUT2D eigenvalue weighted by atomic mass is 10.2. The first-order chi connectivity index (χ1) is 7.58. The molecule has 1 aromatic rings. The van der Waals surface area contributed by atoms with E-state index < -0.39 is 0 Å². The summed E-state index contributed by atoms with van der Waals surface area (Å²) in [6.45, 7) is 1.14. The normalized spacial score (nSPS) is 20.1. The van der Waals surface area contributed by atoms with Crippen LogP contribution in [0.4, 0.5) is 11.4 Å². The van der Waals surface area contributed by atoms with Crippen molar-refractivity contribution in [3.05, 3.63) is 31.9 Å². The first kappa shape index (κ1) is 11.6. The molecule has 1 atom stereocenters. The molecular weight excluding hydrogens is 323 g/mol. The first-order valence-electron chi connectivity index (χ1n) is 4.95. The van der Waals surface area contributed by atoms with Crippen molar-refractivity contribution in [2.75, 3.05) is 18.0 Å². The minimum atomic E-state index is -0.376. The van der Waals surface area contributed by atoms with E-state index in [9.17, 15) is 15.2 Å². The van der Waals surface area contributed by atoms with Crippen LogP contribution in [0.15, 0.2) is 18.2 Å². The molecule has 1 fully saturated rings. The number of nitro benzene ring substituents is 1. The zero-order valence-electron chi connectivity index (χ0n) is 8.47. The van der Waals surface area contributed by atoms with Gasteiger partial charge in [0, 0.05) is 22.7 Å². The maximum atomic E-state index is 10.9. The van der Waals surface area contributed by atoms with E-state index >= 15 is 0 Å². The molecule has 86 valence electrons. The summed E-state index contributed by atoms with van der Waals surface area (Å²) < 4.78 is 0.841. The van der Waals surface area contributed by atoms with Crippen molar-refractivity contribution in [1.29, 1.82) is 0 Å². The molecule has 1 aromatic carbocycles. The molecule has 6 heteroatoms. The monoisotopic (exact) mass is 334 g/mol. The zero-order chi connectivity index (χ0) is 11.7. The van der Waals surface area contributed by atoms with Crippen LogP contribution in [0.25, 0.3) is 0 Å². The van der Waals surface area contributed by atoms with Crippen LogP contribution in [-0.4, -0.2) is 29.2 Å². The number of rotatable bonds is 2.